The number of halogens is 17. The van der Waals surface area contributed by atoms with Crippen LogP contribution in [0, 0.1) is 0 Å². The summed E-state index contributed by atoms with van der Waals surface area (Å²) >= 11 is 0. The summed E-state index contributed by atoms with van der Waals surface area (Å²) in [6.45, 7) is 0. The Kier molecular flexibility index (Phi) is 6.35. The van der Waals surface area contributed by atoms with Gasteiger partial charge in [-0.2, -0.15) is 65.9 Å². The van der Waals surface area contributed by atoms with Crippen molar-refractivity contribution in [2.75, 3.05) is 0 Å². The first kappa shape index (κ1) is 25.7. The molecule has 0 aromatic heterocycles. The lowest BCUT2D eigenvalue weighted by molar-refractivity contribution is -0.538. The van der Waals surface area contributed by atoms with E-state index >= 15 is 0 Å². The van der Waals surface area contributed by atoms with Crippen molar-refractivity contribution in [1.29, 1.82) is 0 Å². The van der Waals surface area contributed by atoms with E-state index in [2.05, 4.69) is 0 Å². The highest BCUT2D eigenvalue weighted by Crippen LogP contribution is 2.54. The molecule has 0 aromatic carbocycles. The number of hydrogen-bond acceptors (Lipinski definition) is 2. The summed E-state index contributed by atoms with van der Waals surface area (Å²) in [4.78, 5) is 0. The monoisotopic (exact) mass is 452 g/mol. The number of hydrogen-bond donors (Lipinski definition) is 0. The zero-order chi connectivity index (χ0) is 22.5. The fourth-order valence-corrected chi connectivity index (χ4v) is 0.903. The third-order valence-electron chi connectivity index (χ3n) is 2.23. The molecule has 0 N–H and O–H groups in total. The summed E-state index contributed by atoms with van der Waals surface area (Å²) < 4.78 is 211. The summed E-state index contributed by atoms with van der Waals surface area (Å²) in [5.41, 5.74) is 0. The van der Waals surface area contributed by atoms with Crippen LogP contribution >= 0.6 is 0 Å². The predicted octanol–water partition coefficient (Wildman–Crippen LogP) is 5.49. The second kappa shape index (κ2) is 6.66. The number of ether oxygens (including phenoxy) is 2. The summed E-state index contributed by atoms with van der Waals surface area (Å²) in [6.07, 6.45) is -42.4. The minimum atomic E-state index is -7.87. The summed E-state index contributed by atoms with van der Waals surface area (Å²) in [7, 11) is 0. The summed E-state index contributed by atoms with van der Waals surface area (Å²) in [6, 6.07) is 0. The molecule has 0 saturated carbocycles. The molecule has 0 spiro atoms. The molecule has 0 amide bonds. The minimum absolute atomic E-state index is 1.16. The Labute approximate surface area is 134 Å². The minimum Gasteiger partial charge on any atom is -0.246 e. The molecule has 0 saturated heterocycles. The van der Waals surface area contributed by atoms with E-state index in [0.29, 0.717) is 0 Å². The zero-order valence-corrected chi connectivity index (χ0v) is 11.3. The van der Waals surface area contributed by atoms with Gasteiger partial charge >= 0.3 is 48.9 Å². The van der Waals surface area contributed by atoms with E-state index in [0.717, 1.165) is 4.74 Å². The van der Waals surface area contributed by atoms with Crippen LogP contribution in [0.1, 0.15) is 0 Å². The van der Waals surface area contributed by atoms with E-state index < -0.39 is 48.9 Å². The van der Waals surface area contributed by atoms with Crippen LogP contribution in [0.2, 0.25) is 0 Å². The topological polar surface area (TPSA) is 18.5 Å². The van der Waals surface area contributed by atoms with Gasteiger partial charge in [0.1, 0.15) is 0 Å². The molecule has 0 aliphatic carbocycles. The molecule has 0 heterocycles. The fourth-order valence-electron chi connectivity index (χ4n) is 0.903. The maximum Gasteiger partial charge on any atom is 0.462 e. The van der Waals surface area contributed by atoms with Gasteiger partial charge in [0, 0.05) is 0 Å². The van der Waals surface area contributed by atoms with Crippen LogP contribution in [0.15, 0.2) is 0 Å². The Hall–Kier alpha value is -1.27. The van der Waals surface area contributed by atoms with Crippen LogP contribution in [0.4, 0.5) is 74.6 Å². The van der Waals surface area contributed by atoms with Crippen molar-refractivity contribution < 1.29 is 84.1 Å². The first-order valence-corrected chi connectivity index (χ1v) is 5.38. The van der Waals surface area contributed by atoms with Gasteiger partial charge in [0.15, 0.2) is 0 Å². The van der Waals surface area contributed by atoms with Crippen LogP contribution < -0.4 is 0 Å². The molecule has 0 rings (SSSR count). The standard InChI is InChI=1S/C8HF17O2/c9-1(10)2(11,12)26-7(22,23)4(15,16)8(24,25)27-6(20,21)3(13,14)5(17,18)19/h1H. The largest absolute Gasteiger partial charge is 0.462 e. The van der Waals surface area contributed by atoms with Gasteiger partial charge in [-0.15, -0.1) is 0 Å². The molecule has 0 radical (unpaired) electrons. The fraction of sp³-hybridized carbons (Fsp3) is 1.00. The van der Waals surface area contributed by atoms with Crippen molar-refractivity contribution in [3.63, 3.8) is 0 Å². The Morgan fingerprint density at radius 1 is 0.444 bits per heavy atom. The van der Waals surface area contributed by atoms with Crippen LogP contribution in [-0.4, -0.2) is 48.9 Å². The van der Waals surface area contributed by atoms with Gasteiger partial charge in [-0.05, 0) is 0 Å². The van der Waals surface area contributed by atoms with Crippen molar-refractivity contribution >= 4 is 0 Å². The van der Waals surface area contributed by atoms with Crippen molar-refractivity contribution in [3.8, 4) is 0 Å². The highest BCUT2D eigenvalue weighted by Gasteiger charge is 2.83. The van der Waals surface area contributed by atoms with E-state index in [1.54, 1.807) is 0 Å². The SMILES string of the molecule is FC(F)C(F)(F)OC(F)(F)C(F)(F)C(F)(F)OC(F)(F)C(F)(F)C(F)(F)F. The average Bonchev–Trinajstić information content (AvgIpc) is 2.33. The molecule has 0 bridgehead atoms. The third kappa shape index (κ3) is 4.60. The van der Waals surface area contributed by atoms with E-state index in [1.165, 1.54) is 4.74 Å². The van der Waals surface area contributed by atoms with Gasteiger partial charge in [0.25, 0.3) is 0 Å². The Morgan fingerprint density at radius 2 is 0.741 bits per heavy atom. The van der Waals surface area contributed by atoms with Gasteiger partial charge < -0.3 is 0 Å². The molecule has 0 aromatic rings. The molecule has 0 fully saturated rings. The highest BCUT2D eigenvalue weighted by molar-refractivity contribution is 4.91. The first-order valence-electron chi connectivity index (χ1n) is 5.38. The zero-order valence-electron chi connectivity index (χ0n) is 11.3. The normalized spacial score (nSPS) is 16.2. The molecule has 0 unspecified atom stereocenters. The molecule has 0 atom stereocenters. The smallest absolute Gasteiger partial charge is 0.246 e. The second-order valence-electron chi connectivity index (χ2n) is 4.26. The lowest BCUT2D eigenvalue weighted by Gasteiger charge is -2.36. The quantitative estimate of drug-likeness (QED) is 0.454. The van der Waals surface area contributed by atoms with Gasteiger partial charge in [-0.1, -0.05) is 0 Å². The lowest BCUT2D eigenvalue weighted by atomic mass is 10.2. The Morgan fingerprint density at radius 3 is 1.04 bits per heavy atom. The van der Waals surface area contributed by atoms with Crippen LogP contribution in [0.25, 0.3) is 0 Å². The Bertz CT molecular complexity index is 520. The van der Waals surface area contributed by atoms with Gasteiger partial charge in [0.2, 0.25) is 0 Å². The molecule has 164 valence electrons. The Balaban J connectivity index is 5.92. The number of rotatable bonds is 8. The van der Waals surface area contributed by atoms with Crippen LogP contribution in [-0.2, 0) is 9.47 Å². The van der Waals surface area contributed by atoms with E-state index in [9.17, 15) is 74.6 Å². The third-order valence-corrected chi connectivity index (χ3v) is 2.23. The maximum absolute atomic E-state index is 12.8. The van der Waals surface area contributed by atoms with Crippen LogP contribution in [0.3, 0.4) is 0 Å². The van der Waals surface area contributed by atoms with Crippen molar-refractivity contribution in [1.82, 2.24) is 0 Å². The second-order valence-corrected chi connectivity index (χ2v) is 4.26. The predicted molar refractivity (Wildman–Crippen MR) is 43.9 cm³/mol. The summed E-state index contributed by atoms with van der Waals surface area (Å²) in [5, 5.41) is 0. The van der Waals surface area contributed by atoms with Crippen molar-refractivity contribution in [2.24, 2.45) is 0 Å². The molecule has 2 nitrogen and oxygen atoms in total. The van der Waals surface area contributed by atoms with Crippen LogP contribution in [0.5, 0.6) is 0 Å². The van der Waals surface area contributed by atoms with Gasteiger partial charge in [0.05, 0.1) is 0 Å². The number of alkyl halides is 17. The highest BCUT2D eigenvalue weighted by atomic mass is 19.4. The molecule has 27 heavy (non-hydrogen) atoms. The molecular formula is C8HF17O2. The van der Waals surface area contributed by atoms with Crippen molar-refractivity contribution in [3.05, 3.63) is 0 Å². The summed E-state index contributed by atoms with van der Waals surface area (Å²) in [5.74, 6) is -15.5. The first-order chi connectivity index (χ1) is 11.4. The molecule has 0 aliphatic rings. The van der Waals surface area contributed by atoms with E-state index in [-0.39, 0.29) is 0 Å². The van der Waals surface area contributed by atoms with E-state index in [1.807, 2.05) is 0 Å². The molecule has 0 aliphatic heterocycles. The molecule has 19 heteroatoms. The van der Waals surface area contributed by atoms with Crippen molar-refractivity contribution in [2.45, 2.75) is 48.9 Å². The lowest BCUT2D eigenvalue weighted by Crippen LogP contribution is -2.63. The van der Waals surface area contributed by atoms with E-state index in [4.69, 9.17) is 0 Å². The van der Waals surface area contributed by atoms with Gasteiger partial charge in [-0.3, -0.25) is 0 Å². The molecular weight excluding hydrogens is 451 g/mol. The maximum atomic E-state index is 12.8. The van der Waals surface area contributed by atoms with Gasteiger partial charge in [-0.25, -0.2) is 18.3 Å². The average molecular weight is 452 g/mol.